The van der Waals surface area contributed by atoms with E-state index < -0.39 is 0 Å². The molecule has 0 radical (unpaired) electrons. The first-order valence-electron chi connectivity index (χ1n) is 5.09. The fourth-order valence-corrected chi connectivity index (χ4v) is 1.19. The van der Waals surface area contributed by atoms with E-state index in [-0.39, 0.29) is 0 Å². The van der Waals surface area contributed by atoms with Crippen molar-refractivity contribution in [3.63, 3.8) is 0 Å². The predicted octanol–water partition coefficient (Wildman–Crippen LogP) is 3.72. The summed E-state index contributed by atoms with van der Waals surface area (Å²) in [4.78, 5) is 0. The third-order valence-electron chi connectivity index (χ3n) is 1.76. The van der Waals surface area contributed by atoms with Crippen LogP contribution in [0.15, 0.2) is 23.3 Å². The third-order valence-corrected chi connectivity index (χ3v) is 1.76. The zero-order chi connectivity index (χ0) is 10.1. The Labute approximate surface area is 82.5 Å². The molecular weight excluding hydrogens is 160 g/mol. The molecule has 0 heterocycles. The van der Waals surface area contributed by atoms with Crippen molar-refractivity contribution in [1.82, 2.24) is 0 Å². The maximum absolute atomic E-state index is 5.53. The maximum Gasteiger partial charge on any atom is 0.0678 e. The molecule has 0 atom stereocenters. The molecule has 0 aliphatic heterocycles. The molecule has 0 aromatic heterocycles. The highest BCUT2D eigenvalue weighted by atomic mass is 16.5. The molecule has 0 aromatic rings. The molecule has 0 fully saturated rings. The van der Waals surface area contributed by atoms with Crippen LogP contribution in [0.1, 0.15) is 40.5 Å². The van der Waals surface area contributed by atoms with Crippen molar-refractivity contribution in [1.29, 1.82) is 0 Å². The fourth-order valence-electron chi connectivity index (χ4n) is 1.19. The number of hydrogen-bond acceptors (Lipinski definition) is 1. The standard InChI is InChI=1S/C12H22O/c1-5-7-11(3)9-13-10-12(4)8-6-2/h7-8H,5-6,9-10H2,1-4H3. The van der Waals surface area contributed by atoms with Gasteiger partial charge in [0.25, 0.3) is 0 Å². The van der Waals surface area contributed by atoms with Crippen LogP contribution in [0.2, 0.25) is 0 Å². The Morgan fingerprint density at radius 2 is 1.31 bits per heavy atom. The average Bonchev–Trinajstić information content (AvgIpc) is 2.05. The summed E-state index contributed by atoms with van der Waals surface area (Å²) in [6, 6.07) is 0. The molecule has 0 rings (SSSR count). The molecule has 0 aliphatic rings. The van der Waals surface area contributed by atoms with E-state index in [0.29, 0.717) is 0 Å². The van der Waals surface area contributed by atoms with Crippen LogP contribution in [0, 0.1) is 0 Å². The number of hydrogen-bond donors (Lipinski definition) is 0. The minimum absolute atomic E-state index is 0.767. The van der Waals surface area contributed by atoms with Crippen molar-refractivity contribution in [3.05, 3.63) is 23.3 Å². The van der Waals surface area contributed by atoms with Gasteiger partial charge in [0.1, 0.15) is 0 Å². The van der Waals surface area contributed by atoms with Crippen molar-refractivity contribution >= 4 is 0 Å². The van der Waals surface area contributed by atoms with Crippen LogP contribution >= 0.6 is 0 Å². The molecule has 1 heteroatoms. The van der Waals surface area contributed by atoms with Gasteiger partial charge in [0.2, 0.25) is 0 Å². The molecule has 13 heavy (non-hydrogen) atoms. The van der Waals surface area contributed by atoms with Crippen LogP contribution in [-0.2, 0) is 4.74 Å². The summed E-state index contributed by atoms with van der Waals surface area (Å²) in [5, 5.41) is 0. The number of ether oxygens (including phenoxy) is 1. The van der Waals surface area contributed by atoms with E-state index in [1.54, 1.807) is 0 Å². The predicted molar refractivity (Wildman–Crippen MR) is 58.9 cm³/mol. The molecule has 0 aliphatic carbocycles. The molecule has 76 valence electrons. The van der Waals surface area contributed by atoms with Crippen LogP contribution in [0.3, 0.4) is 0 Å². The number of allylic oxidation sites excluding steroid dienone is 2. The fraction of sp³-hybridized carbons (Fsp3) is 0.667. The Morgan fingerprint density at radius 1 is 0.923 bits per heavy atom. The van der Waals surface area contributed by atoms with Crippen molar-refractivity contribution in [2.24, 2.45) is 0 Å². The van der Waals surface area contributed by atoms with E-state index >= 15 is 0 Å². The van der Waals surface area contributed by atoms with Crippen molar-refractivity contribution < 1.29 is 4.74 Å². The van der Waals surface area contributed by atoms with Crippen molar-refractivity contribution in [2.45, 2.75) is 40.5 Å². The summed E-state index contributed by atoms with van der Waals surface area (Å²) in [5.74, 6) is 0. The molecule has 0 bridgehead atoms. The minimum atomic E-state index is 0.767. The molecule has 0 amide bonds. The van der Waals surface area contributed by atoms with Gasteiger partial charge < -0.3 is 4.74 Å². The number of rotatable bonds is 6. The Balaban J connectivity index is 3.56. The van der Waals surface area contributed by atoms with Crippen LogP contribution in [0.5, 0.6) is 0 Å². The van der Waals surface area contributed by atoms with E-state index in [2.05, 4.69) is 39.8 Å². The molecule has 0 spiro atoms. The smallest absolute Gasteiger partial charge is 0.0678 e. The Hall–Kier alpha value is -0.560. The first-order chi connectivity index (χ1) is 6.20. The molecule has 0 aromatic carbocycles. The molecule has 0 saturated heterocycles. The normalized spacial score (nSPS) is 13.5. The van der Waals surface area contributed by atoms with Gasteiger partial charge in [0.05, 0.1) is 13.2 Å². The lowest BCUT2D eigenvalue weighted by Gasteiger charge is -2.04. The van der Waals surface area contributed by atoms with Gasteiger partial charge in [-0.15, -0.1) is 0 Å². The second-order valence-electron chi connectivity index (χ2n) is 3.41. The van der Waals surface area contributed by atoms with Gasteiger partial charge in [-0.1, -0.05) is 37.1 Å². The van der Waals surface area contributed by atoms with Crippen LogP contribution in [0.25, 0.3) is 0 Å². The molecule has 1 nitrogen and oxygen atoms in total. The first kappa shape index (κ1) is 12.4. The molecule has 0 saturated carbocycles. The quantitative estimate of drug-likeness (QED) is 0.569. The third kappa shape index (κ3) is 7.79. The first-order valence-corrected chi connectivity index (χ1v) is 5.09. The lowest BCUT2D eigenvalue weighted by molar-refractivity contribution is 0.179. The van der Waals surface area contributed by atoms with Gasteiger partial charge in [-0.25, -0.2) is 0 Å². The molecule has 0 unspecified atom stereocenters. The largest absolute Gasteiger partial charge is 0.373 e. The van der Waals surface area contributed by atoms with Crippen LogP contribution in [0.4, 0.5) is 0 Å². The average molecular weight is 182 g/mol. The zero-order valence-corrected chi connectivity index (χ0v) is 9.39. The minimum Gasteiger partial charge on any atom is -0.373 e. The zero-order valence-electron chi connectivity index (χ0n) is 9.39. The summed E-state index contributed by atoms with van der Waals surface area (Å²) in [6.07, 6.45) is 6.61. The van der Waals surface area contributed by atoms with Gasteiger partial charge in [-0.2, -0.15) is 0 Å². The molecular formula is C12H22O. The highest BCUT2D eigenvalue weighted by Crippen LogP contribution is 2.00. The second-order valence-corrected chi connectivity index (χ2v) is 3.41. The lowest BCUT2D eigenvalue weighted by Crippen LogP contribution is -1.99. The second kappa shape index (κ2) is 8.06. The molecule has 0 N–H and O–H groups in total. The van der Waals surface area contributed by atoms with Crippen molar-refractivity contribution in [3.8, 4) is 0 Å². The summed E-state index contributed by atoms with van der Waals surface area (Å²) in [5.41, 5.74) is 2.65. The van der Waals surface area contributed by atoms with Gasteiger partial charge in [-0.3, -0.25) is 0 Å². The van der Waals surface area contributed by atoms with Gasteiger partial charge >= 0.3 is 0 Å². The summed E-state index contributed by atoms with van der Waals surface area (Å²) in [7, 11) is 0. The van der Waals surface area contributed by atoms with Gasteiger partial charge in [0.15, 0.2) is 0 Å². The summed E-state index contributed by atoms with van der Waals surface area (Å²) < 4.78 is 5.53. The van der Waals surface area contributed by atoms with Crippen LogP contribution < -0.4 is 0 Å². The Bertz CT molecular complexity index is 158. The summed E-state index contributed by atoms with van der Waals surface area (Å²) in [6.45, 7) is 10.0. The van der Waals surface area contributed by atoms with E-state index in [0.717, 1.165) is 26.1 Å². The SMILES string of the molecule is CCC=C(C)COCC(C)=CCC. The van der Waals surface area contributed by atoms with E-state index in [1.165, 1.54) is 11.1 Å². The topological polar surface area (TPSA) is 9.23 Å². The van der Waals surface area contributed by atoms with E-state index in [1.807, 2.05) is 0 Å². The summed E-state index contributed by atoms with van der Waals surface area (Å²) >= 11 is 0. The van der Waals surface area contributed by atoms with Gasteiger partial charge in [0, 0.05) is 0 Å². The highest BCUT2D eigenvalue weighted by Gasteiger charge is 1.91. The highest BCUT2D eigenvalue weighted by molar-refractivity contribution is 5.00. The van der Waals surface area contributed by atoms with Crippen LogP contribution in [-0.4, -0.2) is 13.2 Å². The van der Waals surface area contributed by atoms with Crippen molar-refractivity contribution in [2.75, 3.05) is 13.2 Å². The van der Waals surface area contributed by atoms with E-state index in [4.69, 9.17) is 4.74 Å². The lowest BCUT2D eigenvalue weighted by atomic mass is 10.2. The van der Waals surface area contributed by atoms with Gasteiger partial charge in [-0.05, 0) is 26.7 Å². The van der Waals surface area contributed by atoms with E-state index in [9.17, 15) is 0 Å². The Kier molecular flexibility index (Phi) is 7.71. The monoisotopic (exact) mass is 182 g/mol. The maximum atomic E-state index is 5.53. The Morgan fingerprint density at radius 3 is 1.62 bits per heavy atom.